The maximum Gasteiger partial charge on any atom is 0.234 e. The fraction of sp³-hybridized carbons (Fsp3) is 0.562. The Morgan fingerprint density at radius 2 is 1.90 bits per heavy atom. The zero-order valence-electron chi connectivity index (χ0n) is 12.1. The summed E-state index contributed by atoms with van der Waals surface area (Å²) in [6.07, 6.45) is 3.22. The van der Waals surface area contributed by atoms with E-state index in [1.54, 1.807) is 0 Å². The number of piperazine rings is 1. The van der Waals surface area contributed by atoms with Gasteiger partial charge in [0.25, 0.3) is 0 Å². The molecule has 1 aromatic rings. The molecule has 114 valence electrons. The van der Waals surface area contributed by atoms with Gasteiger partial charge in [0.1, 0.15) is 0 Å². The van der Waals surface area contributed by atoms with Gasteiger partial charge < -0.3 is 10.6 Å². The van der Waals surface area contributed by atoms with Crippen molar-refractivity contribution in [2.45, 2.75) is 31.3 Å². The molecule has 2 saturated heterocycles. The summed E-state index contributed by atoms with van der Waals surface area (Å²) in [5.74, 6) is 0.154. The summed E-state index contributed by atoms with van der Waals surface area (Å²) in [7, 11) is 0. The van der Waals surface area contributed by atoms with Crippen LogP contribution in [0.1, 0.15) is 18.4 Å². The molecule has 1 unspecified atom stereocenters. The van der Waals surface area contributed by atoms with Crippen LogP contribution in [0, 0.1) is 0 Å². The predicted octanol–water partition coefficient (Wildman–Crippen LogP) is 1.43. The molecule has 21 heavy (non-hydrogen) atoms. The molecule has 1 amide bonds. The van der Waals surface area contributed by atoms with Gasteiger partial charge in [-0.1, -0.05) is 23.7 Å². The molecule has 2 fully saturated rings. The van der Waals surface area contributed by atoms with Crippen molar-refractivity contribution >= 4 is 17.5 Å². The molecule has 0 spiro atoms. The molecule has 2 aliphatic rings. The molecule has 2 heterocycles. The van der Waals surface area contributed by atoms with Crippen LogP contribution in [0.5, 0.6) is 0 Å². The summed E-state index contributed by atoms with van der Waals surface area (Å²) >= 11 is 5.95. The SMILES string of the molecule is O=C1CN(C2CCNCC2)C(Cc2ccc(Cl)cc2)CN1. The molecule has 5 heteroatoms. The van der Waals surface area contributed by atoms with E-state index < -0.39 is 0 Å². The van der Waals surface area contributed by atoms with Crippen LogP contribution in [0.3, 0.4) is 0 Å². The zero-order chi connectivity index (χ0) is 14.7. The van der Waals surface area contributed by atoms with Gasteiger partial charge in [-0.3, -0.25) is 9.69 Å². The molecule has 3 rings (SSSR count). The molecule has 2 aliphatic heterocycles. The minimum atomic E-state index is 0.154. The van der Waals surface area contributed by atoms with E-state index >= 15 is 0 Å². The Morgan fingerprint density at radius 3 is 2.62 bits per heavy atom. The second-order valence-electron chi connectivity index (χ2n) is 5.94. The monoisotopic (exact) mass is 307 g/mol. The van der Waals surface area contributed by atoms with Crippen LogP contribution in [0.2, 0.25) is 5.02 Å². The highest BCUT2D eigenvalue weighted by Crippen LogP contribution is 2.20. The van der Waals surface area contributed by atoms with Crippen LogP contribution < -0.4 is 10.6 Å². The highest BCUT2D eigenvalue weighted by Gasteiger charge is 2.32. The maximum absolute atomic E-state index is 11.8. The number of carbonyl (C=O) groups excluding carboxylic acids is 1. The standard InChI is InChI=1S/C16H22ClN3O/c17-13-3-1-12(2-4-13)9-15-10-19-16(21)11-20(15)14-5-7-18-8-6-14/h1-4,14-15,18H,5-11H2,(H,19,21). The Balaban J connectivity index is 1.70. The first kappa shape index (κ1) is 14.8. The van der Waals surface area contributed by atoms with Crippen molar-refractivity contribution in [3.05, 3.63) is 34.9 Å². The number of amides is 1. The Kier molecular flexibility index (Phi) is 4.78. The molecule has 1 atom stereocenters. The lowest BCUT2D eigenvalue weighted by Gasteiger charge is -2.42. The van der Waals surface area contributed by atoms with Crippen LogP contribution in [0.4, 0.5) is 0 Å². The number of nitrogens with one attached hydrogen (secondary N) is 2. The maximum atomic E-state index is 11.8. The molecule has 1 aromatic carbocycles. The van der Waals surface area contributed by atoms with Crippen LogP contribution in [-0.2, 0) is 11.2 Å². The van der Waals surface area contributed by atoms with E-state index in [1.807, 2.05) is 12.1 Å². The quantitative estimate of drug-likeness (QED) is 0.888. The first-order valence-electron chi connectivity index (χ1n) is 7.70. The lowest BCUT2D eigenvalue weighted by atomic mass is 9.97. The highest BCUT2D eigenvalue weighted by molar-refractivity contribution is 6.30. The van der Waals surface area contributed by atoms with Crippen molar-refractivity contribution in [1.29, 1.82) is 0 Å². The molecular formula is C16H22ClN3O. The highest BCUT2D eigenvalue weighted by atomic mass is 35.5. The van der Waals surface area contributed by atoms with Gasteiger partial charge in [0.05, 0.1) is 6.54 Å². The Labute approximate surface area is 130 Å². The summed E-state index contributed by atoms with van der Waals surface area (Å²) in [5.41, 5.74) is 1.28. The Morgan fingerprint density at radius 1 is 1.19 bits per heavy atom. The van der Waals surface area contributed by atoms with E-state index in [0.717, 1.165) is 43.9 Å². The van der Waals surface area contributed by atoms with Crippen LogP contribution in [0.25, 0.3) is 0 Å². The fourth-order valence-electron chi connectivity index (χ4n) is 3.35. The van der Waals surface area contributed by atoms with E-state index in [2.05, 4.69) is 27.7 Å². The second-order valence-corrected chi connectivity index (χ2v) is 6.38. The third-order valence-corrected chi connectivity index (χ3v) is 4.74. The van der Waals surface area contributed by atoms with Gasteiger partial charge >= 0.3 is 0 Å². The average Bonchev–Trinajstić information content (AvgIpc) is 2.52. The van der Waals surface area contributed by atoms with Crippen molar-refractivity contribution in [3.8, 4) is 0 Å². The molecule has 0 saturated carbocycles. The molecule has 0 aliphatic carbocycles. The Bertz CT molecular complexity index is 485. The summed E-state index contributed by atoms with van der Waals surface area (Å²) in [6.45, 7) is 3.38. The van der Waals surface area contributed by atoms with Gasteiger partial charge in [-0.25, -0.2) is 0 Å². The van der Waals surface area contributed by atoms with Crippen molar-refractivity contribution in [2.75, 3.05) is 26.2 Å². The number of halogens is 1. The molecule has 4 nitrogen and oxygen atoms in total. The van der Waals surface area contributed by atoms with Gasteiger partial charge in [-0.15, -0.1) is 0 Å². The fourth-order valence-corrected chi connectivity index (χ4v) is 3.47. The second kappa shape index (κ2) is 6.77. The summed E-state index contributed by atoms with van der Waals surface area (Å²) in [4.78, 5) is 14.2. The lowest BCUT2D eigenvalue weighted by molar-refractivity contribution is -0.127. The minimum absolute atomic E-state index is 0.154. The van der Waals surface area contributed by atoms with Crippen LogP contribution in [-0.4, -0.2) is 49.1 Å². The molecule has 0 aromatic heterocycles. The number of benzene rings is 1. The zero-order valence-corrected chi connectivity index (χ0v) is 12.9. The van der Waals surface area contributed by atoms with Gasteiger partial charge in [-0.05, 0) is 50.0 Å². The average molecular weight is 308 g/mol. The van der Waals surface area contributed by atoms with Crippen molar-refractivity contribution < 1.29 is 4.79 Å². The summed E-state index contributed by atoms with van der Waals surface area (Å²) in [6, 6.07) is 8.94. The van der Waals surface area contributed by atoms with E-state index in [4.69, 9.17) is 11.6 Å². The number of hydrogen-bond donors (Lipinski definition) is 2. The van der Waals surface area contributed by atoms with Gasteiger partial charge in [0.2, 0.25) is 5.91 Å². The van der Waals surface area contributed by atoms with Gasteiger partial charge in [0.15, 0.2) is 0 Å². The van der Waals surface area contributed by atoms with Crippen molar-refractivity contribution in [3.63, 3.8) is 0 Å². The third-order valence-electron chi connectivity index (χ3n) is 4.49. The largest absolute Gasteiger partial charge is 0.353 e. The smallest absolute Gasteiger partial charge is 0.234 e. The van der Waals surface area contributed by atoms with Crippen LogP contribution in [0.15, 0.2) is 24.3 Å². The number of piperidine rings is 1. The number of rotatable bonds is 3. The first-order chi connectivity index (χ1) is 10.2. The number of nitrogens with zero attached hydrogens (tertiary/aromatic N) is 1. The van der Waals surface area contributed by atoms with Gasteiger partial charge in [-0.2, -0.15) is 0 Å². The first-order valence-corrected chi connectivity index (χ1v) is 8.08. The van der Waals surface area contributed by atoms with Crippen LogP contribution >= 0.6 is 11.6 Å². The number of hydrogen-bond acceptors (Lipinski definition) is 3. The summed E-state index contributed by atoms with van der Waals surface area (Å²) in [5, 5.41) is 7.17. The third kappa shape index (κ3) is 3.76. The molecule has 0 radical (unpaired) electrons. The summed E-state index contributed by atoms with van der Waals surface area (Å²) < 4.78 is 0. The van der Waals surface area contributed by atoms with Crippen molar-refractivity contribution in [2.24, 2.45) is 0 Å². The molecule has 2 N–H and O–H groups in total. The topological polar surface area (TPSA) is 44.4 Å². The normalized spacial score (nSPS) is 24.8. The lowest BCUT2D eigenvalue weighted by Crippen LogP contribution is -2.59. The number of carbonyl (C=O) groups is 1. The van der Waals surface area contributed by atoms with Crippen molar-refractivity contribution in [1.82, 2.24) is 15.5 Å². The van der Waals surface area contributed by atoms with E-state index in [-0.39, 0.29) is 5.91 Å². The molecule has 0 bridgehead atoms. The Hall–Kier alpha value is -1.10. The predicted molar refractivity (Wildman–Crippen MR) is 84.6 cm³/mol. The van der Waals surface area contributed by atoms with E-state index in [0.29, 0.717) is 18.6 Å². The van der Waals surface area contributed by atoms with E-state index in [1.165, 1.54) is 5.56 Å². The van der Waals surface area contributed by atoms with E-state index in [9.17, 15) is 4.79 Å². The minimum Gasteiger partial charge on any atom is -0.353 e. The van der Waals surface area contributed by atoms with Gasteiger partial charge in [0, 0.05) is 23.7 Å². The molecular weight excluding hydrogens is 286 g/mol.